The molecular formula is C43H37N. The number of hydrogen-bond donors (Lipinski definition) is 0. The third kappa shape index (κ3) is 4.95. The highest BCUT2D eigenvalue weighted by Crippen LogP contribution is 2.40. The lowest BCUT2D eigenvalue weighted by Gasteiger charge is -2.19. The fraction of sp³-hybridized carbons (Fsp3) is 0.116. The van der Waals surface area contributed by atoms with Crippen molar-refractivity contribution in [3.63, 3.8) is 0 Å². The molecular weight excluding hydrogens is 530 g/mol. The summed E-state index contributed by atoms with van der Waals surface area (Å²) in [4.78, 5) is 0. The standard InChI is InChI=1S/C43H37N/c1-4-6-15-30(3)32(14-5-2)26-31-22-24-39-40-25-23-34(29-43(40)44(42(39)27-31)35-17-8-7-9-18-35)41-28-33-16-10-11-19-36(33)37-20-12-13-21-38(37)41/h4-11,13-19,21-29H,12,20H2,1-3H3/b6-4-,14-5-,30-15+,32-26+. The average molecular weight is 568 g/mol. The van der Waals surface area contributed by atoms with Gasteiger partial charge in [-0.2, -0.15) is 0 Å². The van der Waals surface area contributed by atoms with Crippen LogP contribution < -0.4 is 0 Å². The molecule has 0 fully saturated rings. The summed E-state index contributed by atoms with van der Waals surface area (Å²) in [5.41, 5.74) is 12.6. The molecule has 214 valence electrons. The summed E-state index contributed by atoms with van der Waals surface area (Å²) in [7, 11) is 0. The third-order valence-corrected chi connectivity index (χ3v) is 8.83. The molecule has 0 spiro atoms. The van der Waals surface area contributed by atoms with Gasteiger partial charge in [0.1, 0.15) is 0 Å². The molecule has 0 radical (unpaired) electrons. The number of rotatable bonds is 6. The van der Waals surface area contributed by atoms with E-state index in [2.05, 4.69) is 171 Å². The van der Waals surface area contributed by atoms with Gasteiger partial charge in [-0.25, -0.2) is 0 Å². The largest absolute Gasteiger partial charge is 0.309 e. The van der Waals surface area contributed by atoms with E-state index in [-0.39, 0.29) is 0 Å². The van der Waals surface area contributed by atoms with Gasteiger partial charge >= 0.3 is 0 Å². The monoisotopic (exact) mass is 567 g/mol. The Kier molecular flexibility index (Phi) is 7.46. The zero-order valence-electron chi connectivity index (χ0n) is 25.7. The Balaban J connectivity index is 1.47. The zero-order chi connectivity index (χ0) is 30.0. The number of hydrogen-bond acceptors (Lipinski definition) is 0. The summed E-state index contributed by atoms with van der Waals surface area (Å²) in [6.45, 7) is 6.30. The first-order valence-corrected chi connectivity index (χ1v) is 15.7. The lowest BCUT2D eigenvalue weighted by atomic mass is 9.85. The van der Waals surface area contributed by atoms with Crippen molar-refractivity contribution in [1.82, 2.24) is 4.57 Å². The van der Waals surface area contributed by atoms with Crippen LogP contribution in [0.4, 0.5) is 0 Å². The highest BCUT2D eigenvalue weighted by molar-refractivity contribution is 6.11. The van der Waals surface area contributed by atoms with E-state index in [0.717, 1.165) is 12.8 Å². The van der Waals surface area contributed by atoms with Crippen molar-refractivity contribution in [2.75, 3.05) is 0 Å². The Bertz CT molecular complexity index is 2180. The van der Waals surface area contributed by atoms with Crippen molar-refractivity contribution in [2.45, 2.75) is 33.6 Å². The van der Waals surface area contributed by atoms with Crippen LogP contribution in [0.2, 0.25) is 0 Å². The minimum absolute atomic E-state index is 1.08. The maximum atomic E-state index is 2.44. The molecule has 44 heavy (non-hydrogen) atoms. The van der Waals surface area contributed by atoms with E-state index in [1.165, 1.54) is 77.2 Å². The molecule has 1 aromatic heterocycles. The lowest BCUT2D eigenvalue weighted by molar-refractivity contribution is 0.998. The highest BCUT2D eigenvalue weighted by atomic mass is 15.0. The number of allylic oxidation sites excluding steroid dienone is 8. The van der Waals surface area contributed by atoms with Crippen LogP contribution in [0.5, 0.6) is 0 Å². The van der Waals surface area contributed by atoms with Crippen LogP contribution in [-0.2, 0) is 6.42 Å². The minimum Gasteiger partial charge on any atom is -0.309 e. The minimum atomic E-state index is 1.08. The molecule has 7 rings (SSSR count). The molecule has 6 aromatic rings. The van der Waals surface area contributed by atoms with Crippen molar-refractivity contribution in [3.05, 3.63) is 161 Å². The molecule has 0 atom stereocenters. The second-order valence-corrected chi connectivity index (χ2v) is 11.6. The second kappa shape index (κ2) is 11.9. The van der Waals surface area contributed by atoms with Crippen LogP contribution in [0.25, 0.3) is 61.5 Å². The van der Waals surface area contributed by atoms with E-state index in [9.17, 15) is 0 Å². The normalized spacial score (nSPS) is 14.1. The third-order valence-electron chi connectivity index (χ3n) is 8.83. The van der Waals surface area contributed by atoms with Gasteiger partial charge in [0.15, 0.2) is 0 Å². The van der Waals surface area contributed by atoms with E-state index in [1.54, 1.807) is 0 Å². The first kappa shape index (κ1) is 27.7. The second-order valence-electron chi connectivity index (χ2n) is 11.6. The van der Waals surface area contributed by atoms with Crippen molar-refractivity contribution in [1.29, 1.82) is 0 Å². The van der Waals surface area contributed by atoms with Crippen LogP contribution in [0.1, 0.15) is 43.9 Å². The Labute approximate surface area is 260 Å². The predicted molar refractivity (Wildman–Crippen MR) is 192 cm³/mol. The molecule has 0 saturated heterocycles. The van der Waals surface area contributed by atoms with E-state index in [4.69, 9.17) is 0 Å². The van der Waals surface area contributed by atoms with Gasteiger partial charge in [-0.1, -0.05) is 109 Å². The van der Waals surface area contributed by atoms with E-state index < -0.39 is 0 Å². The van der Waals surface area contributed by atoms with Crippen LogP contribution in [-0.4, -0.2) is 4.57 Å². The smallest absolute Gasteiger partial charge is 0.0547 e. The van der Waals surface area contributed by atoms with Gasteiger partial charge in [-0.05, 0) is 120 Å². The molecule has 0 amide bonds. The fourth-order valence-corrected chi connectivity index (χ4v) is 6.70. The van der Waals surface area contributed by atoms with Crippen LogP contribution in [0.3, 0.4) is 0 Å². The van der Waals surface area contributed by atoms with Gasteiger partial charge in [0, 0.05) is 16.5 Å². The van der Waals surface area contributed by atoms with Crippen molar-refractivity contribution >= 4 is 44.7 Å². The molecule has 0 saturated carbocycles. The summed E-state index contributed by atoms with van der Waals surface area (Å²) in [6.07, 6.45) is 19.8. The highest BCUT2D eigenvalue weighted by Gasteiger charge is 2.18. The summed E-state index contributed by atoms with van der Waals surface area (Å²) >= 11 is 0. The van der Waals surface area contributed by atoms with E-state index in [0.29, 0.717) is 0 Å². The van der Waals surface area contributed by atoms with E-state index >= 15 is 0 Å². The molecule has 1 heteroatoms. The van der Waals surface area contributed by atoms with Gasteiger partial charge in [-0.3, -0.25) is 0 Å². The Morgan fingerprint density at radius 1 is 0.750 bits per heavy atom. The van der Waals surface area contributed by atoms with Gasteiger partial charge in [0.2, 0.25) is 0 Å². The first-order chi connectivity index (χ1) is 21.7. The van der Waals surface area contributed by atoms with Crippen molar-refractivity contribution < 1.29 is 0 Å². The Hall–Kier alpha value is -5.14. The number of aromatic nitrogens is 1. The maximum Gasteiger partial charge on any atom is 0.0547 e. The number of para-hydroxylation sites is 1. The quantitative estimate of drug-likeness (QED) is 0.176. The molecule has 0 unspecified atom stereocenters. The summed E-state index contributed by atoms with van der Waals surface area (Å²) in [5, 5.41) is 5.23. The van der Waals surface area contributed by atoms with Crippen LogP contribution in [0, 0.1) is 0 Å². The molecule has 0 bridgehead atoms. The first-order valence-electron chi connectivity index (χ1n) is 15.7. The number of benzene rings is 5. The van der Waals surface area contributed by atoms with Crippen molar-refractivity contribution in [2.24, 2.45) is 0 Å². The fourth-order valence-electron chi connectivity index (χ4n) is 6.70. The molecule has 1 aliphatic carbocycles. The molecule has 5 aromatic carbocycles. The molecule has 0 N–H and O–H groups in total. The van der Waals surface area contributed by atoms with Crippen LogP contribution >= 0.6 is 0 Å². The van der Waals surface area contributed by atoms with Crippen LogP contribution in [0.15, 0.2) is 145 Å². The molecule has 1 nitrogen and oxygen atoms in total. The number of aryl methyl sites for hydroxylation is 1. The van der Waals surface area contributed by atoms with Gasteiger partial charge in [-0.15, -0.1) is 0 Å². The predicted octanol–water partition coefficient (Wildman–Crippen LogP) is 12.0. The van der Waals surface area contributed by atoms with E-state index in [1.807, 2.05) is 0 Å². The number of fused-ring (bicyclic) bond motifs is 6. The lowest BCUT2D eigenvalue weighted by Crippen LogP contribution is -1.99. The van der Waals surface area contributed by atoms with Crippen molar-refractivity contribution in [3.8, 4) is 16.8 Å². The summed E-state index contributed by atoms with van der Waals surface area (Å²) in [5.74, 6) is 0. The Morgan fingerprint density at radius 3 is 2.34 bits per heavy atom. The zero-order valence-corrected chi connectivity index (χ0v) is 25.7. The molecule has 1 heterocycles. The summed E-state index contributed by atoms with van der Waals surface area (Å²) in [6, 6.07) is 35.9. The Morgan fingerprint density at radius 2 is 1.52 bits per heavy atom. The van der Waals surface area contributed by atoms with Gasteiger partial charge in [0.25, 0.3) is 0 Å². The van der Waals surface area contributed by atoms with Gasteiger partial charge in [0.05, 0.1) is 11.0 Å². The topological polar surface area (TPSA) is 4.93 Å². The summed E-state index contributed by atoms with van der Waals surface area (Å²) < 4.78 is 2.44. The molecule has 1 aliphatic rings. The number of nitrogens with zero attached hydrogens (tertiary/aromatic N) is 1. The van der Waals surface area contributed by atoms with Gasteiger partial charge < -0.3 is 4.57 Å². The maximum absolute atomic E-state index is 2.44. The molecule has 0 aliphatic heterocycles. The average Bonchev–Trinajstić information content (AvgIpc) is 3.39. The SMILES string of the molecule is C\C=C/C=C(C)/C(/C=C\C)=C/c1ccc2c3ccc(-c4cc5ccccc5c5c4C=CCC5)cc3n(-c3ccccc3)c2c1.